The normalized spacial score (nSPS) is 10.7. The highest BCUT2D eigenvalue weighted by atomic mass is 16.5. The van der Waals surface area contributed by atoms with Crippen LogP contribution in [-0.2, 0) is 6.61 Å². The maximum absolute atomic E-state index is 11.2. The average Bonchev–Trinajstić information content (AvgIpc) is 2.72. The standard InChI is InChI=1S/C24H18O3/c25-24(26)21-13-11-18-14-20(12-10-19(18)15-21)22-8-4-5-9-23(22)27-16-17-6-2-1-3-7-17/h1-15H,16H2,(H,25,26). The molecular formula is C24H18O3. The summed E-state index contributed by atoms with van der Waals surface area (Å²) < 4.78 is 6.06. The minimum atomic E-state index is -0.916. The molecule has 0 fully saturated rings. The first kappa shape index (κ1) is 16.9. The second-order valence-electron chi connectivity index (χ2n) is 6.35. The Hall–Kier alpha value is -3.59. The van der Waals surface area contributed by atoms with Gasteiger partial charge in [0.25, 0.3) is 0 Å². The summed E-state index contributed by atoms with van der Waals surface area (Å²) >= 11 is 0. The first-order valence-corrected chi connectivity index (χ1v) is 8.74. The van der Waals surface area contributed by atoms with E-state index in [0.717, 1.165) is 33.2 Å². The van der Waals surface area contributed by atoms with Crippen molar-refractivity contribution in [2.45, 2.75) is 6.61 Å². The molecule has 4 rings (SSSR count). The molecule has 0 unspecified atom stereocenters. The number of carbonyl (C=O) groups is 1. The number of hydrogen-bond donors (Lipinski definition) is 1. The molecule has 0 bridgehead atoms. The van der Waals surface area contributed by atoms with Crippen molar-refractivity contribution >= 4 is 16.7 Å². The fourth-order valence-corrected chi connectivity index (χ4v) is 3.11. The number of carboxylic acids is 1. The molecule has 0 saturated carbocycles. The molecule has 1 N–H and O–H groups in total. The molecule has 3 heteroatoms. The number of para-hydroxylation sites is 1. The van der Waals surface area contributed by atoms with Crippen LogP contribution in [0.3, 0.4) is 0 Å². The topological polar surface area (TPSA) is 46.5 Å². The van der Waals surface area contributed by atoms with Crippen LogP contribution >= 0.6 is 0 Å². The number of hydrogen-bond acceptors (Lipinski definition) is 2. The molecule has 132 valence electrons. The number of carboxylic acid groups (broad SMARTS) is 1. The van der Waals surface area contributed by atoms with Gasteiger partial charge in [0.2, 0.25) is 0 Å². The van der Waals surface area contributed by atoms with Crippen LogP contribution in [-0.4, -0.2) is 11.1 Å². The van der Waals surface area contributed by atoms with Gasteiger partial charge in [-0.05, 0) is 46.2 Å². The Morgan fingerprint density at radius 2 is 1.48 bits per heavy atom. The summed E-state index contributed by atoms with van der Waals surface area (Å²) in [4.78, 5) is 11.2. The van der Waals surface area contributed by atoms with Crippen LogP contribution < -0.4 is 4.74 Å². The van der Waals surface area contributed by atoms with E-state index in [1.807, 2.05) is 72.8 Å². The Kier molecular flexibility index (Phi) is 4.58. The van der Waals surface area contributed by atoms with Crippen LogP contribution in [0.2, 0.25) is 0 Å². The van der Waals surface area contributed by atoms with Crippen molar-refractivity contribution in [2.75, 3.05) is 0 Å². The third-order valence-electron chi connectivity index (χ3n) is 4.52. The molecule has 0 spiro atoms. The Morgan fingerprint density at radius 3 is 2.30 bits per heavy atom. The van der Waals surface area contributed by atoms with Crippen LogP contribution in [0.15, 0.2) is 91.0 Å². The molecule has 4 aromatic rings. The highest BCUT2D eigenvalue weighted by Gasteiger charge is 2.09. The lowest BCUT2D eigenvalue weighted by Gasteiger charge is -2.12. The summed E-state index contributed by atoms with van der Waals surface area (Å²) in [7, 11) is 0. The summed E-state index contributed by atoms with van der Waals surface area (Å²) in [6.07, 6.45) is 0. The number of aromatic carboxylic acids is 1. The lowest BCUT2D eigenvalue weighted by atomic mass is 9.99. The van der Waals surface area contributed by atoms with Crippen LogP contribution in [0.25, 0.3) is 21.9 Å². The zero-order valence-electron chi connectivity index (χ0n) is 14.6. The first-order valence-electron chi connectivity index (χ1n) is 8.74. The average molecular weight is 354 g/mol. The van der Waals surface area contributed by atoms with Gasteiger partial charge in [-0.1, -0.05) is 66.7 Å². The number of rotatable bonds is 5. The molecule has 0 heterocycles. The van der Waals surface area contributed by atoms with Gasteiger partial charge in [0.1, 0.15) is 12.4 Å². The quantitative estimate of drug-likeness (QED) is 0.494. The number of fused-ring (bicyclic) bond motifs is 1. The zero-order valence-corrected chi connectivity index (χ0v) is 14.6. The molecule has 0 saturated heterocycles. The molecule has 0 atom stereocenters. The minimum Gasteiger partial charge on any atom is -0.488 e. The van der Waals surface area contributed by atoms with Crippen LogP contribution in [0, 0.1) is 0 Å². The highest BCUT2D eigenvalue weighted by molar-refractivity contribution is 5.96. The van der Waals surface area contributed by atoms with Crippen molar-refractivity contribution in [1.82, 2.24) is 0 Å². The van der Waals surface area contributed by atoms with Crippen molar-refractivity contribution in [3.05, 3.63) is 102 Å². The largest absolute Gasteiger partial charge is 0.488 e. The summed E-state index contributed by atoms with van der Waals surface area (Å²) in [5.41, 5.74) is 3.46. The maximum atomic E-state index is 11.2. The zero-order chi connectivity index (χ0) is 18.6. The lowest BCUT2D eigenvalue weighted by Crippen LogP contribution is -1.97. The van der Waals surface area contributed by atoms with E-state index in [0.29, 0.717) is 12.2 Å². The molecule has 0 aliphatic carbocycles. The van der Waals surface area contributed by atoms with Gasteiger partial charge in [-0.15, -0.1) is 0 Å². The Balaban J connectivity index is 1.66. The fraction of sp³-hybridized carbons (Fsp3) is 0.0417. The van der Waals surface area contributed by atoms with Gasteiger partial charge in [0.15, 0.2) is 0 Å². The molecule has 3 nitrogen and oxygen atoms in total. The highest BCUT2D eigenvalue weighted by Crippen LogP contribution is 2.32. The summed E-state index contributed by atoms with van der Waals surface area (Å²) in [6.45, 7) is 0.507. The van der Waals surface area contributed by atoms with E-state index in [1.54, 1.807) is 12.1 Å². The lowest BCUT2D eigenvalue weighted by molar-refractivity contribution is 0.0697. The summed E-state index contributed by atoms with van der Waals surface area (Å²) in [5.74, 6) is -0.0940. The monoisotopic (exact) mass is 354 g/mol. The SMILES string of the molecule is O=C(O)c1ccc2cc(-c3ccccc3OCc3ccccc3)ccc2c1. The van der Waals surface area contributed by atoms with Gasteiger partial charge in [-0.3, -0.25) is 0 Å². The third-order valence-corrected chi connectivity index (χ3v) is 4.52. The molecule has 0 radical (unpaired) electrons. The van der Waals surface area contributed by atoms with Crippen molar-refractivity contribution in [3.8, 4) is 16.9 Å². The van der Waals surface area contributed by atoms with Crippen LogP contribution in [0.5, 0.6) is 5.75 Å². The molecule has 0 amide bonds. The minimum absolute atomic E-state index is 0.293. The van der Waals surface area contributed by atoms with E-state index < -0.39 is 5.97 Å². The van der Waals surface area contributed by atoms with Gasteiger partial charge in [-0.2, -0.15) is 0 Å². The van der Waals surface area contributed by atoms with Crippen molar-refractivity contribution in [2.24, 2.45) is 0 Å². The molecule has 0 aliphatic rings. The predicted octanol–water partition coefficient (Wildman–Crippen LogP) is 5.78. The Labute approximate surface area is 157 Å². The van der Waals surface area contributed by atoms with Crippen molar-refractivity contribution in [3.63, 3.8) is 0 Å². The molecule has 27 heavy (non-hydrogen) atoms. The molecule has 0 aliphatic heterocycles. The van der Waals surface area contributed by atoms with Gasteiger partial charge >= 0.3 is 5.97 Å². The van der Waals surface area contributed by atoms with E-state index in [9.17, 15) is 4.79 Å². The van der Waals surface area contributed by atoms with Gasteiger partial charge in [0, 0.05) is 5.56 Å². The second kappa shape index (κ2) is 7.34. The Morgan fingerprint density at radius 1 is 0.778 bits per heavy atom. The summed E-state index contributed by atoms with van der Waals surface area (Å²) in [6, 6.07) is 29.2. The number of benzene rings is 4. The Bertz CT molecular complexity index is 1100. The molecule has 0 aromatic heterocycles. The first-order chi connectivity index (χ1) is 13.2. The van der Waals surface area contributed by atoms with E-state index in [4.69, 9.17) is 9.84 Å². The van der Waals surface area contributed by atoms with E-state index >= 15 is 0 Å². The van der Waals surface area contributed by atoms with Crippen LogP contribution in [0.4, 0.5) is 0 Å². The van der Waals surface area contributed by atoms with Crippen molar-refractivity contribution < 1.29 is 14.6 Å². The third kappa shape index (κ3) is 3.67. The van der Waals surface area contributed by atoms with E-state index in [2.05, 4.69) is 6.07 Å². The van der Waals surface area contributed by atoms with Crippen molar-refractivity contribution in [1.29, 1.82) is 0 Å². The molecule has 4 aromatic carbocycles. The van der Waals surface area contributed by atoms with Gasteiger partial charge < -0.3 is 9.84 Å². The second-order valence-corrected chi connectivity index (χ2v) is 6.35. The van der Waals surface area contributed by atoms with E-state index in [1.165, 1.54) is 0 Å². The predicted molar refractivity (Wildman–Crippen MR) is 107 cm³/mol. The maximum Gasteiger partial charge on any atom is 0.335 e. The van der Waals surface area contributed by atoms with Gasteiger partial charge in [0.05, 0.1) is 5.56 Å². The van der Waals surface area contributed by atoms with Gasteiger partial charge in [-0.25, -0.2) is 4.79 Å². The van der Waals surface area contributed by atoms with Crippen LogP contribution in [0.1, 0.15) is 15.9 Å². The molecular weight excluding hydrogens is 336 g/mol. The fourth-order valence-electron chi connectivity index (χ4n) is 3.11. The van der Waals surface area contributed by atoms with E-state index in [-0.39, 0.29) is 0 Å². The summed E-state index contributed by atoms with van der Waals surface area (Å²) in [5, 5.41) is 11.0. The smallest absolute Gasteiger partial charge is 0.335 e. The number of ether oxygens (including phenoxy) is 1.